The lowest BCUT2D eigenvalue weighted by atomic mass is 10.0. The number of rotatable bonds is 5. The zero-order valence-electron chi connectivity index (χ0n) is 16.3. The third kappa shape index (κ3) is 3.64. The fourth-order valence-electron chi connectivity index (χ4n) is 3.58. The molecule has 0 unspecified atom stereocenters. The number of hydrogen-bond donors (Lipinski definition) is 1. The number of nitrogens with zero attached hydrogens (tertiary/aromatic N) is 1. The van der Waals surface area contributed by atoms with Crippen LogP contribution in [0.1, 0.15) is 19.4 Å². The van der Waals surface area contributed by atoms with E-state index in [0.29, 0.717) is 28.4 Å². The van der Waals surface area contributed by atoms with E-state index in [1.807, 2.05) is 56.3 Å². The van der Waals surface area contributed by atoms with Gasteiger partial charge in [0, 0.05) is 22.6 Å². The van der Waals surface area contributed by atoms with Crippen LogP contribution in [0.4, 0.5) is 5.69 Å². The van der Waals surface area contributed by atoms with Crippen LogP contribution in [0.15, 0.2) is 72.4 Å². The maximum absolute atomic E-state index is 13.2. The second kappa shape index (κ2) is 7.72. The summed E-state index contributed by atoms with van der Waals surface area (Å²) < 4.78 is 0. The quantitative estimate of drug-likeness (QED) is 0.584. The maximum atomic E-state index is 13.2. The first-order valence-electron chi connectivity index (χ1n) is 9.57. The van der Waals surface area contributed by atoms with E-state index in [0.717, 1.165) is 16.5 Å². The number of nitrogens with one attached hydrogen (secondary N) is 1. The van der Waals surface area contributed by atoms with E-state index in [-0.39, 0.29) is 17.7 Å². The first-order chi connectivity index (χ1) is 14.0. The lowest BCUT2D eigenvalue weighted by Gasteiger charge is -2.17. The highest BCUT2D eigenvalue weighted by Crippen LogP contribution is 2.33. The summed E-state index contributed by atoms with van der Waals surface area (Å²) in [7, 11) is 0. The molecule has 0 aromatic heterocycles. The van der Waals surface area contributed by atoms with Crippen molar-refractivity contribution in [3.63, 3.8) is 0 Å². The molecule has 1 aliphatic rings. The molecule has 3 aromatic carbocycles. The standard InChI is InChI=1S/C24H21ClN2O2/c1-15(2)14-27-23(28)21(17-10-12-18(25)13-11-17)22(24(27)29)26-20-9-5-7-16-6-3-4-8-19(16)20/h3-13,15,26H,14H2,1-2H3. The van der Waals surface area contributed by atoms with Crippen LogP contribution in [0.2, 0.25) is 5.02 Å². The van der Waals surface area contributed by atoms with E-state index in [9.17, 15) is 9.59 Å². The topological polar surface area (TPSA) is 49.4 Å². The van der Waals surface area contributed by atoms with Gasteiger partial charge in [0.05, 0.1) is 5.57 Å². The van der Waals surface area contributed by atoms with Crippen LogP contribution >= 0.6 is 11.6 Å². The number of fused-ring (bicyclic) bond motifs is 1. The van der Waals surface area contributed by atoms with E-state index in [1.54, 1.807) is 24.3 Å². The molecule has 146 valence electrons. The fraction of sp³-hybridized carbons (Fsp3) is 0.167. The van der Waals surface area contributed by atoms with Crippen LogP contribution in [0.5, 0.6) is 0 Å². The molecule has 2 amide bonds. The van der Waals surface area contributed by atoms with Crippen LogP contribution in [-0.4, -0.2) is 23.3 Å². The second-order valence-corrected chi connectivity index (χ2v) is 7.96. The molecule has 0 spiro atoms. The van der Waals surface area contributed by atoms with Crippen molar-refractivity contribution in [2.45, 2.75) is 13.8 Å². The average Bonchev–Trinajstić information content (AvgIpc) is 2.93. The average molecular weight is 405 g/mol. The normalized spacial score (nSPS) is 14.4. The first-order valence-corrected chi connectivity index (χ1v) is 9.94. The number of anilines is 1. The molecule has 0 saturated heterocycles. The summed E-state index contributed by atoms with van der Waals surface area (Å²) in [4.78, 5) is 27.7. The number of amides is 2. The summed E-state index contributed by atoms with van der Waals surface area (Å²) in [6.07, 6.45) is 0. The minimum Gasteiger partial charge on any atom is -0.350 e. The Morgan fingerprint density at radius 2 is 1.59 bits per heavy atom. The smallest absolute Gasteiger partial charge is 0.278 e. The number of benzene rings is 3. The van der Waals surface area contributed by atoms with Crippen molar-refractivity contribution >= 4 is 45.4 Å². The SMILES string of the molecule is CC(C)CN1C(=O)C(Nc2cccc3ccccc23)=C(c2ccc(Cl)cc2)C1=O. The zero-order valence-corrected chi connectivity index (χ0v) is 17.0. The molecule has 0 atom stereocenters. The van der Waals surface area contributed by atoms with Crippen molar-refractivity contribution in [2.24, 2.45) is 5.92 Å². The molecular formula is C24H21ClN2O2. The Balaban J connectivity index is 1.83. The highest BCUT2D eigenvalue weighted by atomic mass is 35.5. The Kier molecular flexibility index (Phi) is 5.12. The van der Waals surface area contributed by atoms with Gasteiger partial charge in [-0.05, 0) is 35.1 Å². The highest BCUT2D eigenvalue weighted by molar-refractivity contribution is 6.37. The zero-order chi connectivity index (χ0) is 20.5. The molecule has 4 nitrogen and oxygen atoms in total. The fourth-order valence-corrected chi connectivity index (χ4v) is 3.70. The maximum Gasteiger partial charge on any atom is 0.278 e. The highest BCUT2D eigenvalue weighted by Gasteiger charge is 2.39. The Hall–Kier alpha value is -3.11. The lowest BCUT2D eigenvalue weighted by molar-refractivity contribution is -0.137. The third-order valence-corrected chi connectivity index (χ3v) is 5.15. The molecule has 1 aliphatic heterocycles. The van der Waals surface area contributed by atoms with Crippen molar-refractivity contribution in [1.29, 1.82) is 0 Å². The molecule has 3 aromatic rings. The van der Waals surface area contributed by atoms with Gasteiger partial charge in [0.25, 0.3) is 11.8 Å². The van der Waals surface area contributed by atoms with Crippen molar-refractivity contribution in [2.75, 3.05) is 11.9 Å². The summed E-state index contributed by atoms with van der Waals surface area (Å²) in [6.45, 7) is 4.34. The summed E-state index contributed by atoms with van der Waals surface area (Å²) in [5.41, 5.74) is 2.13. The van der Waals surface area contributed by atoms with Crippen molar-refractivity contribution in [3.8, 4) is 0 Å². The molecule has 5 heteroatoms. The van der Waals surface area contributed by atoms with Crippen LogP contribution < -0.4 is 5.32 Å². The molecule has 0 fully saturated rings. The number of imide groups is 1. The van der Waals surface area contributed by atoms with E-state index >= 15 is 0 Å². The Labute approximate surface area is 174 Å². The first kappa shape index (κ1) is 19.2. The van der Waals surface area contributed by atoms with Gasteiger partial charge in [-0.25, -0.2) is 0 Å². The lowest BCUT2D eigenvalue weighted by Crippen LogP contribution is -2.35. The van der Waals surface area contributed by atoms with Crippen LogP contribution in [0, 0.1) is 5.92 Å². The molecule has 4 rings (SSSR count). The van der Waals surface area contributed by atoms with Crippen molar-refractivity contribution in [3.05, 3.63) is 83.0 Å². The van der Waals surface area contributed by atoms with Gasteiger partial charge < -0.3 is 5.32 Å². The van der Waals surface area contributed by atoms with E-state index in [1.165, 1.54) is 4.90 Å². The minimum absolute atomic E-state index is 0.172. The summed E-state index contributed by atoms with van der Waals surface area (Å²) in [6, 6.07) is 20.8. The monoisotopic (exact) mass is 404 g/mol. The molecule has 29 heavy (non-hydrogen) atoms. The Bertz CT molecular complexity index is 1130. The van der Waals surface area contributed by atoms with Crippen molar-refractivity contribution < 1.29 is 9.59 Å². The van der Waals surface area contributed by atoms with Crippen molar-refractivity contribution in [1.82, 2.24) is 4.90 Å². The molecule has 0 saturated carbocycles. The van der Waals surface area contributed by atoms with Gasteiger partial charge in [0.2, 0.25) is 0 Å². The number of hydrogen-bond acceptors (Lipinski definition) is 3. The summed E-state index contributed by atoms with van der Waals surface area (Å²) in [5.74, 6) is -0.415. The van der Waals surface area contributed by atoms with Gasteiger partial charge in [0.1, 0.15) is 5.70 Å². The predicted molar refractivity (Wildman–Crippen MR) is 118 cm³/mol. The van der Waals surface area contributed by atoms with Gasteiger partial charge in [-0.1, -0.05) is 74.0 Å². The van der Waals surface area contributed by atoms with E-state index < -0.39 is 0 Å². The van der Waals surface area contributed by atoms with Gasteiger partial charge in [-0.3, -0.25) is 14.5 Å². The third-order valence-electron chi connectivity index (χ3n) is 4.90. The molecule has 1 N–H and O–H groups in total. The number of halogens is 1. The second-order valence-electron chi connectivity index (χ2n) is 7.52. The minimum atomic E-state index is -0.304. The summed E-state index contributed by atoms with van der Waals surface area (Å²) >= 11 is 6.02. The number of carbonyl (C=O) groups excluding carboxylic acids is 2. The van der Waals surface area contributed by atoms with Gasteiger partial charge >= 0.3 is 0 Å². The molecule has 0 aliphatic carbocycles. The van der Waals surface area contributed by atoms with E-state index in [2.05, 4.69) is 5.32 Å². The molecule has 1 heterocycles. The number of carbonyl (C=O) groups is 2. The van der Waals surface area contributed by atoms with E-state index in [4.69, 9.17) is 11.6 Å². The van der Waals surface area contributed by atoms with Gasteiger partial charge in [-0.15, -0.1) is 0 Å². The van der Waals surface area contributed by atoms with Gasteiger partial charge in [-0.2, -0.15) is 0 Å². The largest absolute Gasteiger partial charge is 0.350 e. The van der Waals surface area contributed by atoms with Crippen LogP contribution in [0.3, 0.4) is 0 Å². The van der Waals surface area contributed by atoms with Gasteiger partial charge in [0.15, 0.2) is 0 Å². The van der Waals surface area contributed by atoms with Crippen LogP contribution in [0.25, 0.3) is 16.3 Å². The molecule has 0 bridgehead atoms. The Morgan fingerprint density at radius 1 is 0.897 bits per heavy atom. The van der Waals surface area contributed by atoms with Crippen LogP contribution in [-0.2, 0) is 9.59 Å². The molecular weight excluding hydrogens is 384 g/mol. The predicted octanol–water partition coefficient (Wildman–Crippen LogP) is 5.34. The Morgan fingerprint density at radius 3 is 2.31 bits per heavy atom. The summed E-state index contributed by atoms with van der Waals surface area (Å²) in [5, 5.41) is 5.89. The molecule has 0 radical (unpaired) electrons.